The molecule has 8 heteroatoms. The number of hydrogen-bond donors (Lipinski definition) is 1. The maximum absolute atomic E-state index is 12.8. The summed E-state index contributed by atoms with van der Waals surface area (Å²) in [6.07, 6.45) is 3.87. The van der Waals surface area contributed by atoms with Gasteiger partial charge >= 0.3 is 0 Å². The van der Waals surface area contributed by atoms with E-state index in [1.807, 2.05) is 22.9 Å². The number of hydrogen-bond acceptors (Lipinski definition) is 5. The third-order valence-corrected chi connectivity index (χ3v) is 5.23. The summed E-state index contributed by atoms with van der Waals surface area (Å²) in [7, 11) is 1.68. The van der Waals surface area contributed by atoms with E-state index in [0.717, 1.165) is 31.5 Å². The number of benzene rings is 1. The second kappa shape index (κ2) is 7.02. The van der Waals surface area contributed by atoms with Gasteiger partial charge in [0.1, 0.15) is 24.2 Å². The first-order valence-corrected chi connectivity index (χ1v) is 9.34. The molecule has 0 radical (unpaired) electrons. The van der Waals surface area contributed by atoms with E-state index < -0.39 is 11.9 Å². The molecule has 3 heterocycles. The van der Waals surface area contributed by atoms with Crippen LogP contribution in [-0.4, -0.2) is 46.3 Å². The molecule has 2 aliphatic heterocycles. The number of para-hydroxylation sites is 2. The molecule has 1 N–H and O–H groups in total. The highest BCUT2D eigenvalue weighted by Gasteiger charge is 2.32. The summed E-state index contributed by atoms with van der Waals surface area (Å²) in [4.78, 5) is 31.3. The molecular formula is C19H23N5O3. The molecule has 0 bridgehead atoms. The van der Waals surface area contributed by atoms with E-state index in [9.17, 15) is 9.59 Å². The van der Waals surface area contributed by atoms with Crippen LogP contribution in [-0.2, 0) is 11.2 Å². The van der Waals surface area contributed by atoms with E-state index in [2.05, 4.69) is 22.3 Å². The number of anilines is 1. The lowest BCUT2D eigenvalue weighted by Gasteiger charge is -2.21. The minimum absolute atomic E-state index is 0.0665. The van der Waals surface area contributed by atoms with E-state index in [-0.39, 0.29) is 24.4 Å². The van der Waals surface area contributed by atoms with Gasteiger partial charge in [0.15, 0.2) is 0 Å². The normalized spacial score (nSPS) is 21.7. The van der Waals surface area contributed by atoms with Crippen LogP contribution in [0.1, 0.15) is 48.7 Å². The minimum Gasteiger partial charge on any atom is -0.489 e. The Bertz CT molecular complexity index is 878. The van der Waals surface area contributed by atoms with Gasteiger partial charge in [-0.2, -0.15) is 0 Å². The summed E-state index contributed by atoms with van der Waals surface area (Å²) < 4.78 is 7.60. The highest BCUT2D eigenvalue weighted by Crippen LogP contribution is 2.30. The van der Waals surface area contributed by atoms with Crippen molar-refractivity contribution < 1.29 is 14.3 Å². The lowest BCUT2D eigenvalue weighted by atomic mass is 10.0. The van der Waals surface area contributed by atoms with Gasteiger partial charge in [-0.15, -0.1) is 5.10 Å². The van der Waals surface area contributed by atoms with E-state index in [1.54, 1.807) is 13.1 Å². The Hall–Kier alpha value is -2.90. The Morgan fingerprint density at radius 2 is 2.19 bits per heavy atom. The Morgan fingerprint density at radius 3 is 3.00 bits per heavy atom. The summed E-state index contributed by atoms with van der Waals surface area (Å²) in [6.45, 7) is 2.17. The summed E-state index contributed by atoms with van der Waals surface area (Å²) in [6, 6.07) is 6.80. The number of nitrogens with one attached hydrogen (secondary N) is 1. The zero-order valence-electron chi connectivity index (χ0n) is 15.5. The van der Waals surface area contributed by atoms with Crippen LogP contribution in [0.2, 0.25) is 0 Å². The average Bonchev–Trinajstić information content (AvgIpc) is 3.10. The predicted molar refractivity (Wildman–Crippen MR) is 98.9 cm³/mol. The third kappa shape index (κ3) is 3.15. The minimum atomic E-state index is -0.794. The van der Waals surface area contributed by atoms with E-state index in [4.69, 9.17) is 4.74 Å². The van der Waals surface area contributed by atoms with E-state index in [1.165, 1.54) is 4.90 Å². The van der Waals surface area contributed by atoms with Crippen LogP contribution in [0.4, 0.5) is 5.69 Å². The van der Waals surface area contributed by atoms with Crippen LogP contribution >= 0.6 is 0 Å². The van der Waals surface area contributed by atoms with Gasteiger partial charge in [-0.25, -0.2) is 9.67 Å². The van der Waals surface area contributed by atoms with Crippen molar-refractivity contribution in [1.82, 2.24) is 20.1 Å². The molecule has 0 spiro atoms. The highest BCUT2D eigenvalue weighted by molar-refractivity contribution is 6.02. The fourth-order valence-corrected chi connectivity index (χ4v) is 3.69. The monoisotopic (exact) mass is 369 g/mol. The van der Waals surface area contributed by atoms with Gasteiger partial charge in [-0.1, -0.05) is 19.1 Å². The molecule has 0 saturated heterocycles. The molecule has 0 fully saturated rings. The molecule has 0 aliphatic carbocycles. The number of nitrogens with zero attached hydrogens (tertiary/aromatic N) is 4. The van der Waals surface area contributed by atoms with E-state index in [0.29, 0.717) is 11.4 Å². The quantitative estimate of drug-likeness (QED) is 0.890. The molecule has 2 aromatic rings. The first-order valence-electron chi connectivity index (χ1n) is 9.34. The van der Waals surface area contributed by atoms with Crippen molar-refractivity contribution in [1.29, 1.82) is 0 Å². The van der Waals surface area contributed by atoms with Crippen LogP contribution in [0, 0.1) is 0 Å². The standard InChI is InChI=1S/C19H23N5O3/c1-3-12-7-6-10-16-21-17(22-24(12)16)18(25)20-13-11-27-15-9-5-4-8-14(15)23(2)19(13)26/h4-5,8-9,12-13H,3,6-7,10-11H2,1-2H3,(H,20,25). The fourth-order valence-electron chi connectivity index (χ4n) is 3.69. The lowest BCUT2D eigenvalue weighted by Crippen LogP contribution is -2.49. The number of likely N-dealkylation sites (N-methyl/N-ethyl adjacent to an activating group) is 1. The molecule has 4 rings (SSSR count). The fraction of sp³-hybridized carbons (Fsp3) is 0.474. The van der Waals surface area contributed by atoms with Crippen LogP contribution < -0.4 is 15.0 Å². The van der Waals surface area contributed by atoms with Gasteiger partial charge in [-0.3, -0.25) is 9.59 Å². The molecule has 2 unspecified atom stereocenters. The Morgan fingerprint density at radius 1 is 1.37 bits per heavy atom. The molecule has 8 nitrogen and oxygen atoms in total. The molecule has 0 saturated carbocycles. The smallest absolute Gasteiger partial charge is 0.291 e. The number of aromatic nitrogens is 3. The number of fused-ring (bicyclic) bond motifs is 2. The van der Waals surface area contributed by atoms with Crippen LogP contribution in [0.15, 0.2) is 24.3 Å². The van der Waals surface area contributed by atoms with Crippen molar-refractivity contribution in [2.24, 2.45) is 0 Å². The Kier molecular flexibility index (Phi) is 4.55. The number of amides is 2. The van der Waals surface area contributed by atoms with Crippen LogP contribution in [0.3, 0.4) is 0 Å². The predicted octanol–water partition coefficient (Wildman–Crippen LogP) is 1.72. The van der Waals surface area contributed by atoms with Crippen molar-refractivity contribution >= 4 is 17.5 Å². The molecule has 2 aliphatic rings. The van der Waals surface area contributed by atoms with Crippen molar-refractivity contribution in [2.45, 2.75) is 44.7 Å². The number of rotatable bonds is 3. The molecule has 2 amide bonds. The third-order valence-electron chi connectivity index (χ3n) is 5.23. The van der Waals surface area contributed by atoms with Crippen molar-refractivity contribution in [3.8, 4) is 5.75 Å². The number of aryl methyl sites for hydroxylation is 1. The van der Waals surface area contributed by atoms with Gasteiger partial charge in [0, 0.05) is 13.5 Å². The van der Waals surface area contributed by atoms with E-state index >= 15 is 0 Å². The second-order valence-electron chi connectivity index (χ2n) is 6.95. The first kappa shape index (κ1) is 17.5. The molecule has 2 atom stereocenters. The molecular weight excluding hydrogens is 346 g/mol. The van der Waals surface area contributed by atoms with Gasteiger partial charge in [0.2, 0.25) is 5.82 Å². The maximum atomic E-state index is 12.8. The maximum Gasteiger partial charge on any atom is 0.291 e. The van der Waals surface area contributed by atoms with Crippen molar-refractivity contribution in [2.75, 3.05) is 18.6 Å². The Labute approximate surface area is 157 Å². The van der Waals surface area contributed by atoms with Crippen molar-refractivity contribution in [3.05, 3.63) is 35.9 Å². The Balaban J connectivity index is 1.52. The number of carbonyl (C=O) groups excluding carboxylic acids is 2. The highest BCUT2D eigenvalue weighted by atomic mass is 16.5. The summed E-state index contributed by atoms with van der Waals surface area (Å²) in [5.41, 5.74) is 0.681. The van der Waals surface area contributed by atoms with Crippen molar-refractivity contribution in [3.63, 3.8) is 0 Å². The van der Waals surface area contributed by atoms with Gasteiger partial charge < -0.3 is 15.0 Å². The largest absolute Gasteiger partial charge is 0.489 e. The van der Waals surface area contributed by atoms with Gasteiger partial charge in [0.25, 0.3) is 11.8 Å². The van der Waals surface area contributed by atoms with Gasteiger partial charge in [-0.05, 0) is 31.4 Å². The second-order valence-corrected chi connectivity index (χ2v) is 6.95. The summed E-state index contributed by atoms with van der Waals surface area (Å²) in [5.74, 6) is 0.886. The molecule has 27 heavy (non-hydrogen) atoms. The SMILES string of the molecule is CCC1CCCc2nc(C(=O)NC3COc4ccccc4N(C)C3=O)nn21. The lowest BCUT2D eigenvalue weighted by molar-refractivity contribution is -0.120. The van der Waals surface area contributed by atoms with Crippen LogP contribution in [0.5, 0.6) is 5.75 Å². The summed E-state index contributed by atoms with van der Waals surface area (Å²) in [5, 5.41) is 7.14. The molecule has 1 aromatic carbocycles. The number of ether oxygens (including phenoxy) is 1. The first-order chi connectivity index (χ1) is 13.1. The average molecular weight is 369 g/mol. The zero-order chi connectivity index (χ0) is 19.0. The molecule has 142 valence electrons. The zero-order valence-corrected chi connectivity index (χ0v) is 15.5. The number of carbonyl (C=O) groups is 2. The van der Waals surface area contributed by atoms with Crippen LogP contribution in [0.25, 0.3) is 0 Å². The topological polar surface area (TPSA) is 89.3 Å². The molecule has 1 aromatic heterocycles. The van der Waals surface area contributed by atoms with Gasteiger partial charge in [0.05, 0.1) is 11.7 Å². The summed E-state index contributed by atoms with van der Waals surface area (Å²) >= 11 is 0.